The molecule has 4 amide bonds. The van der Waals surface area contributed by atoms with E-state index in [1.54, 1.807) is 4.90 Å². The minimum Gasteiger partial charge on any atom is -0.367 e. The Labute approximate surface area is 185 Å². The third-order valence-electron chi connectivity index (χ3n) is 6.54. The van der Waals surface area contributed by atoms with Crippen molar-refractivity contribution in [2.75, 3.05) is 37.6 Å². The molecule has 31 heavy (non-hydrogen) atoms. The minimum absolute atomic E-state index is 0.217. The number of anilines is 1. The zero-order valence-corrected chi connectivity index (χ0v) is 17.8. The van der Waals surface area contributed by atoms with Crippen molar-refractivity contribution in [1.82, 2.24) is 15.1 Å². The number of aryl methyl sites for hydroxylation is 1. The fraction of sp³-hybridized carbons (Fsp3) is 0.348. The summed E-state index contributed by atoms with van der Waals surface area (Å²) in [7, 11) is 0. The molecule has 7 nitrogen and oxygen atoms in total. The van der Waals surface area contributed by atoms with Crippen LogP contribution >= 0.6 is 11.6 Å². The molecule has 0 unspecified atom stereocenters. The standard InChI is InChI=1S/C23H23ClN4O3/c24-18-7-3-4-8-19(18)26-11-13-27(14-12-26)20(29)15-28-21(30)23(25-22(28)31)10-9-16-5-1-2-6-17(16)23/h1-8H,9-15H2,(H,25,31)/t23-/m1/s1. The summed E-state index contributed by atoms with van der Waals surface area (Å²) >= 11 is 6.29. The number of carbonyl (C=O) groups is 3. The molecule has 160 valence electrons. The fourth-order valence-electron chi connectivity index (χ4n) is 4.87. The Morgan fingerprint density at radius 1 is 1.00 bits per heavy atom. The van der Waals surface area contributed by atoms with E-state index in [0.29, 0.717) is 37.6 Å². The first-order chi connectivity index (χ1) is 15.0. The fourth-order valence-corrected chi connectivity index (χ4v) is 5.13. The van der Waals surface area contributed by atoms with Crippen LogP contribution in [-0.4, -0.2) is 60.4 Å². The third kappa shape index (κ3) is 3.24. The first kappa shape index (κ1) is 19.9. The summed E-state index contributed by atoms with van der Waals surface area (Å²) < 4.78 is 0. The van der Waals surface area contributed by atoms with Gasteiger partial charge in [0, 0.05) is 26.2 Å². The molecular formula is C23H23ClN4O3. The first-order valence-corrected chi connectivity index (χ1v) is 10.9. The van der Waals surface area contributed by atoms with Gasteiger partial charge in [-0.15, -0.1) is 0 Å². The predicted molar refractivity (Wildman–Crippen MR) is 117 cm³/mol. The number of halogens is 1. The molecule has 1 aliphatic carbocycles. The number of fused-ring (bicyclic) bond motifs is 2. The molecule has 0 radical (unpaired) electrons. The second-order valence-electron chi connectivity index (χ2n) is 8.20. The molecule has 2 heterocycles. The van der Waals surface area contributed by atoms with Gasteiger partial charge >= 0.3 is 6.03 Å². The lowest BCUT2D eigenvalue weighted by atomic mass is 9.92. The Morgan fingerprint density at radius 3 is 2.48 bits per heavy atom. The molecular weight excluding hydrogens is 416 g/mol. The lowest BCUT2D eigenvalue weighted by Gasteiger charge is -2.36. The number of nitrogens with zero attached hydrogens (tertiary/aromatic N) is 3. The zero-order valence-electron chi connectivity index (χ0n) is 17.0. The van der Waals surface area contributed by atoms with E-state index >= 15 is 0 Å². The maximum absolute atomic E-state index is 13.2. The number of carbonyl (C=O) groups excluding carboxylic acids is 3. The van der Waals surface area contributed by atoms with Crippen LogP contribution in [0.4, 0.5) is 10.5 Å². The maximum atomic E-state index is 13.2. The minimum atomic E-state index is -1.03. The van der Waals surface area contributed by atoms with Gasteiger partial charge in [0.15, 0.2) is 0 Å². The molecule has 1 spiro atoms. The number of piperazine rings is 1. The largest absolute Gasteiger partial charge is 0.367 e. The monoisotopic (exact) mass is 438 g/mol. The normalized spacial score (nSPS) is 22.8. The first-order valence-electron chi connectivity index (χ1n) is 10.5. The summed E-state index contributed by atoms with van der Waals surface area (Å²) in [4.78, 5) is 43.7. The van der Waals surface area contributed by atoms with Crippen molar-refractivity contribution in [3.05, 3.63) is 64.7 Å². The van der Waals surface area contributed by atoms with Gasteiger partial charge in [-0.2, -0.15) is 0 Å². The van der Waals surface area contributed by atoms with Crippen LogP contribution in [0.5, 0.6) is 0 Å². The van der Waals surface area contributed by atoms with Gasteiger partial charge < -0.3 is 15.1 Å². The molecule has 1 N–H and O–H groups in total. The van der Waals surface area contributed by atoms with Gasteiger partial charge in [0.2, 0.25) is 5.91 Å². The van der Waals surface area contributed by atoms with Gasteiger partial charge in [-0.1, -0.05) is 48.0 Å². The molecule has 5 rings (SSSR count). The lowest BCUT2D eigenvalue weighted by Crippen LogP contribution is -2.52. The average molecular weight is 439 g/mol. The van der Waals surface area contributed by atoms with E-state index in [-0.39, 0.29) is 18.4 Å². The van der Waals surface area contributed by atoms with E-state index in [0.717, 1.165) is 28.1 Å². The van der Waals surface area contributed by atoms with Gasteiger partial charge in [0.1, 0.15) is 12.1 Å². The van der Waals surface area contributed by atoms with Crippen LogP contribution < -0.4 is 10.2 Å². The Kier molecular flexibility index (Phi) is 4.85. The van der Waals surface area contributed by atoms with Crippen LogP contribution in [0.2, 0.25) is 5.02 Å². The second-order valence-corrected chi connectivity index (χ2v) is 8.61. The number of para-hydroxylation sites is 1. The van der Waals surface area contributed by atoms with E-state index in [1.807, 2.05) is 48.5 Å². The molecule has 0 aromatic heterocycles. The van der Waals surface area contributed by atoms with Crippen molar-refractivity contribution in [3.63, 3.8) is 0 Å². The Morgan fingerprint density at radius 2 is 1.71 bits per heavy atom. The van der Waals surface area contributed by atoms with E-state index in [4.69, 9.17) is 11.6 Å². The van der Waals surface area contributed by atoms with E-state index in [9.17, 15) is 14.4 Å². The van der Waals surface area contributed by atoms with Gasteiger partial charge in [-0.05, 0) is 36.1 Å². The molecule has 2 aromatic rings. The van der Waals surface area contributed by atoms with Gasteiger partial charge in [0.05, 0.1) is 10.7 Å². The molecule has 2 aromatic carbocycles. The molecule has 2 aliphatic heterocycles. The molecule has 0 bridgehead atoms. The van der Waals surface area contributed by atoms with Crippen molar-refractivity contribution in [3.8, 4) is 0 Å². The quantitative estimate of drug-likeness (QED) is 0.747. The number of amides is 4. The highest BCUT2D eigenvalue weighted by Gasteiger charge is 2.55. The number of urea groups is 1. The molecule has 2 fully saturated rings. The number of hydrogen-bond acceptors (Lipinski definition) is 4. The Balaban J connectivity index is 1.25. The van der Waals surface area contributed by atoms with Crippen LogP contribution in [0.1, 0.15) is 17.5 Å². The van der Waals surface area contributed by atoms with Crippen LogP contribution in [0.25, 0.3) is 0 Å². The molecule has 0 saturated carbocycles. The number of nitrogens with one attached hydrogen (secondary N) is 1. The van der Waals surface area contributed by atoms with Crippen LogP contribution in [0, 0.1) is 0 Å². The number of benzene rings is 2. The predicted octanol–water partition coefficient (Wildman–Crippen LogP) is 2.38. The topological polar surface area (TPSA) is 73.0 Å². The molecule has 3 aliphatic rings. The number of imide groups is 1. The van der Waals surface area contributed by atoms with Crippen LogP contribution in [0.3, 0.4) is 0 Å². The number of hydrogen-bond donors (Lipinski definition) is 1. The molecule has 2 saturated heterocycles. The third-order valence-corrected chi connectivity index (χ3v) is 6.86. The highest BCUT2D eigenvalue weighted by Crippen LogP contribution is 2.41. The highest BCUT2D eigenvalue weighted by molar-refractivity contribution is 6.33. The summed E-state index contributed by atoms with van der Waals surface area (Å²) in [6.07, 6.45) is 1.26. The molecule has 8 heteroatoms. The van der Waals surface area contributed by atoms with E-state index < -0.39 is 11.6 Å². The SMILES string of the molecule is O=C(CN1C(=O)N[C@@]2(CCc3ccccc32)C1=O)N1CCN(c2ccccc2Cl)CC1. The van der Waals surface area contributed by atoms with Crippen molar-refractivity contribution < 1.29 is 14.4 Å². The summed E-state index contributed by atoms with van der Waals surface area (Å²) in [6, 6.07) is 14.8. The van der Waals surface area contributed by atoms with E-state index in [1.165, 1.54) is 0 Å². The highest BCUT2D eigenvalue weighted by atomic mass is 35.5. The van der Waals surface area contributed by atoms with Crippen molar-refractivity contribution in [1.29, 1.82) is 0 Å². The Bertz CT molecular complexity index is 1070. The van der Waals surface area contributed by atoms with Crippen molar-refractivity contribution in [2.45, 2.75) is 18.4 Å². The maximum Gasteiger partial charge on any atom is 0.325 e. The van der Waals surface area contributed by atoms with Crippen molar-refractivity contribution >= 4 is 35.1 Å². The smallest absolute Gasteiger partial charge is 0.325 e. The Hall–Kier alpha value is -3.06. The van der Waals surface area contributed by atoms with Gasteiger partial charge in [-0.25, -0.2) is 4.79 Å². The van der Waals surface area contributed by atoms with Crippen LogP contribution in [0.15, 0.2) is 48.5 Å². The second kappa shape index (κ2) is 7.57. The number of rotatable bonds is 3. The lowest BCUT2D eigenvalue weighted by molar-refractivity contribution is -0.139. The average Bonchev–Trinajstić information content (AvgIpc) is 3.27. The van der Waals surface area contributed by atoms with Gasteiger partial charge in [-0.3, -0.25) is 14.5 Å². The zero-order chi connectivity index (χ0) is 21.6. The summed E-state index contributed by atoms with van der Waals surface area (Å²) in [6.45, 7) is 2.09. The summed E-state index contributed by atoms with van der Waals surface area (Å²) in [5.74, 6) is -0.545. The summed E-state index contributed by atoms with van der Waals surface area (Å²) in [5.41, 5.74) is 1.83. The van der Waals surface area contributed by atoms with E-state index in [2.05, 4.69) is 10.2 Å². The van der Waals surface area contributed by atoms with Gasteiger partial charge in [0.25, 0.3) is 5.91 Å². The van der Waals surface area contributed by atoms with Crippen LogP contribution in [-0.2, 0) is 21.5 Å². The van der Waals surface area contributed by atoms with Crippen molar-refractivity contribution in [2.24, 2.45) is 0 Å². The molecule has 1 atom stereocenters. The summed E-state index contributed by atoms with van der Waals surface area (Å²) in [5, 5.41) is 3.56.